The predicted octanol–water partition coefficient (Wildman–Crippen LogP) is 4.98. The first-order valence-corrected chi connectivity index (χ1v) is 18.7. The molecule has 6 heterocycles. The number of hydrogen-bond donors (Lipinski definition) is 2. The highest BCUT2D eigenvalue weighted by Gasteiger charge is 2.44. The van der Waals surface area contributed by atoms with Gasteiger partial charge in [-0.25, -0.2) is 0 Å². The molecule has 0 radical (unpaired) electrons. The van der Waals surface area contributed by atoms with Crippen molar-refractivity contribution in [3.05, 3.63) is 90.0 Å². The number of aromatic amines is 1. The maximum absolute atomic E-state index is 13.1. The summed E-state index contributed by atoms with van der Waals surface area (Å²) in [6, 6.07) is 16.7. The van der Waals surface area contributed by atoms with Crippen molar-refractivity contribution in [1.82, 2.24) is 35.0 Å². The van der Waals surface area contributed by atoms with E-state index in [1.54, 1.807) is 18.2 Å². The minimum atomic E-state index is -0.974. The van der Waals surface area contributed by atoms with Gasteiger partial charge in [-0.15, -0.1) is 0 Å². The van der Waals surface area contributed by atoms with Crippen molar-refractivity contribution in [3.8, 4) is 16.9 Å². The van der Waals surface area contributed by atoms with Crippen LogP contribution in [0.5, 0.6) is 5.75 Å². The first kappa shape index (κ1) is 34.6. The number of piperazine rings is 1. The number of aromatic nitrogens is 3. The predicted molar refractivity (Wildman–Crippen MR) is 200 cm³/mol. The Balaban J connectivity index is 0.707. The number of pyridine rings is 2. The molecule has 0 aliphatic carbocycles. The van der Waals surface area contributed by atoms with Crippen LogP contribution in [-0.4, -0.2) is 105 Å². The fraction of sp³-hybridized carbons (Fsp3) is 0.366. The molecule has 0 saturated carbocycles. The molecular weight excluding hydrogens is 670 g/mol. The third-order valence-corrected chi connectivity index (χ3v) is 10.7. The fourth-order valence-electron chi connectivity index (χ4n) is 7.73. The zero-order chi connectivity index (χ0) is 36.3. The maximum Gasteiger partial charge on any atom is 0.262 e. The molecule has 2 saturated heterocycles. The van der Waals surface area contributed by atoms with Crippen LogP contribution in [0, 0.1) is 0 Å². The molecule has 8 rings (SSSR count). The summed E-state index contributed by atoms with van der Waals surface area (Å²) >= 11 is 0. The van der Waals surface area contributed by atoms with Gasteiger partial charge >= 0.3 is 0 Å². The number of amides is 4. The van der Waals surface area contributed by atoms with E-state index in [1.807, 2.05) is 24.7 Å². The van der Waals surface area contributed by atoms with Crippen molar-refractivity contribution in [2.24, 2.45) is 0 Å². The Kier molecular flexibility index (Phi) is 9.96. The Labute approximate surface area is 307 Å². The number of carbonyl (C=O) groups excluding carboxylic acids is 4. The summed E-state index contributed by atoms with van der Waals surface area (Å²) in [6.07, 6.45) is 11.0. The van der Waals surface area contributed by atoms with E-state index in [2.05, 4.69) is 55.4 Å². The number of H-pyrrole nitrogens is 1. The first-order valence-electron chi connectivity index (χ1n) is 18.7. The smallest absolute Gasteiger partial charge is 0.262 e. The van der Waals surface area contributed by atoms with Gasteiger partial charge in [0.1, 0.15) is 11.8 Å². The van der Waals surface area contributed by atoms with E-state index in [9.17, 15) is 19.2 Å². The number of nitrogens with one attached hydrogen (secondary N) is 2. The number of aryl methyl sites for hydroxylation is 1. The molecule has 3 aliphatic rings. The quantitative estimate of drug-likeness (QED) is 0.128. The van der Waals surface area contributed by atoms with E-state index in [4.69, 9.17) is 9.72 Å². The van der Waals surface area contributed by atoms with Gasteiger partial charge in [-0.1, -0.05) is 18.2 Å². The van der Waals surface area contributed by atoms with Gasteiger partial charge in [-0.05, 0) is 93.6 Å². The highest BCUT2D eigenvalue weighted by atomic mass is 16.5. The number of unbranched alkanes of at least 4 members (excludes halogenated alkanes) is 2. The van der Waals surface area contributed by atoms with Crippen LogP contribution in [0.2, 0.25) is 0 Å². The molecule has 272 valence electrons. The minimum absolute atomic E-state index is 0.0922. The molecule has 1 atom stereocenters. The molecular formula is C41H43N7O5. The lowest BCUT2D eigenvalue weighted by Gasteiger charge is -2.34. The van der Waals surface area contributed by atoms with E-state index in [0.717, 1.165) is 110 Å². The molecule has 0 spiro atoms. The summed E-state index contributed by atoms with van der Waals surface area (Å²) in [7, 11) is 0. The second-order valence-corrected chi connectivity index (χ2v) is 14.2. The Morgan fingerprint density at radius 3 is 2.32 bits per heavy atom. The third kappa shape index (κ3) is 7.42. The van der Waals surface area contributed by atoms with E-state index in [0.29, 0.717) is 12.4 Å². The topological polar surface area (TPSA) is 141 Å². The van der Waals surface area contributed by atoms with Gasteiger partial charge in [-0.3, -0.25) is 39.4 Å². The van der Waals surface area contributed by atoms with E-state index >= 15 is 0 Å². The number of hydrogen-bond acceptors (Lipinski definition) is 9. The summed E-state index contributed by atoms with van der Waals surface area (Å²) in [5.74, 6) is -1.52. The molecule has 4 amide bonds. The molecule has 2 fully saturated rings. The van der Waals surface area contributed by atoms with Crippen LogP contribution in [0.3, 0.4) is 0 Å². The van der Waals surface area contributed by atoms with E-state index < -0.39 is 29.7 Å². The van der Waals surface area contributed by atoms with Gasteiger partial charge in [0.2, 0.25) is 11.8 Å². The lowest BCUT2D eigenvalue weighted by molar-refractivity contribution is -0.136. The molecule has 12 nitrogen and oxygen atoms in total. The summed E-state index contributed by atoms with van der Waals surface area (Å²) in [5.41, 5.74) is 6.09. The van der Waals surface area contributed by atoms with Gasteiger partial charge in [0.25, 0.3) is 11.8 Å². The minimum Gasteiger partial charge on any atom is -0.494 e. The number of ether oxygens (including phenoxy) is 1. The summed E-state index contributed by atoms with van der Waals surface area (Å²) in [4.78, 5) is 68.4. The Bertz CT molecular complexity index is 2170. The van der Waals surface area contributed by atoms with Crippen LogP contribution in [0.1, 0.15) is 64.9 Å². The number of fused-ring (bicyclic) bond motifs is 4. The van der Waals surface area contributed by atoms with E-state index in [-0.39, 0.29) is 24.0 Å². The molecule has 3 aliphatic heterocycles. The van der Waals surface area contributed by atoms with Gasteiger partial charge in [-0.2, -0.15) is 0 Å². The molecule has 53 heavy (non-hydrogen) atoms. The normalized spacial score (nSPS) is 18.3. The van der Waals surface area contributed by atoms with Gasteiger partial charge in [0.05, 0.1) is 17.7 Å². The van der Waals surface area contributed by atoms with Crippen molar-refractivity contribution in [3.63, 3.8) is 0 Å². The van der Waals surface area contributed by atoms with Crippen LogP contribution < -0.4 is 10.1 Å². The fourth-order valence-corrected chi connectivity index (χ4v) is 7.73. The Morgan fingerprint density at radius 1 is 0.736 bits per heavy atom. The molecule has 12 heteroatoms. The Hall–Kier alpha value is -5.46. The van der Waals surface area contributed by atoms with Gasteiger partial charge < -0.3 is 19.5 Å². The van der Waals surface area contributed by atoms with Crippen LogP contribution in [0.15, 0.2) is 73.2 Å². The van der Waals surface area contributed by atoms with Gasteiger partial charge in [0.15, 0.2) is 0 Å². The van der Waals surface area contributed by atoms with Crippen LogP contribution in [0.25, 0.3) is 32.9 Å². The molecule has 3 aromatic heterocycles. The van der Waals surface area contributed by atoms with Crippen LogP contribution in [0.4, 0.5) is 0 Å². The number of piperidine rings is 1. The zero-order valence-corrected chi connectivity index (χ0v) is 29.7. The number of carbonyl (C=O) groups is 4. The lowest BCUT2D eigenvalue weighted by Crippen LogP contribution is -2.54. The molecule has 5 aromatic rings. The Morgan fingerprint density at radius 2 is 1.53 bits per heavy atom. The van der Waals surface area contributed by atoms with E-state index in [1.165, 1.54) is 5.39 Å². The third-order valence-electron chi connectivity index (χ3n) is 10.7. The average Bonchev–Trinajstić information content (AvgIpc) is 3.67. The monoisotopic (exact) mass is 713 g/mol. The average molecular weight is 714 g/mol. The van der Waals surface area contributed by atoms with Crippen LogP contribution >= 0.6 is 0 Å². The summed E-state index contributed by atoms with van der Waals surface area (Å²) < 4.78 is 5.92. The molecule has 2 N–H and O–H groups in total. The maximum atomic E-state index is 13.1. The van der Waals surface area contributed by atoms with Crippen molar-refractivity contribution in [2.45, 2.75) is 51.0 Å². The lowest BCUT2D eigenvalue weighted by atomic mass is 10.0. The highest BCUT2D eigenvalue weighted by Crippen LogP contribution is 2.31. The number of imide groups is 2. The molecule has 1 unspecified atom stereocenters. The van der Waals surface area contributed by atoms with Crippen molar-refractivity contribution >= 4 is 45.4 Å². The van der Waals surface area contributed by atoms with Crippen molar-refractivity contribution in [1.29, 1.82) is 0 Å². The zero-order valence-electron chi connectivity index (χ0n) is 29.7. The van der Waals surface area contributed by atoms with Crippen molar-refractivity contribution in [2.75, 3.05) is 45.9 Å². The second-order valence-electron chi connectivity index (χ2n) is 14.2. The SMILES string of the molecule is O=C1CCC(N2C(=O)c3ccc(OCCCCCN4CCN(CCCc5ccc(-c6ccc7c(c6)[nH]c6ccncc67)cn5)CC4)cc3C2=O)C(=O)N1. The van der Waals surface area contributed by atoms with Crippen molar-refractivity contribution < 1.29 is 23.9 Å². The molecule has 0 bridgehead atoms. The largest absolute Gasteiger partial charge is 0.494 e. The number of rotatable bonds is 13. The highest BCUT2D eigenvalue weighted by molar-refractivity contribution is 6.23. The van der Waals surface area contributed by atoms with Gasteiger partial charge in [0, 0.05) is 84.3 Å². The number of benzene rings is 2. The summed E-state index contributed by atoms with van der Waals surface area (Å²) in [5, 5.41) is 4.54. The standard InChI is InChI=1S/C41H43N7O5/c49-38-13-12-37(39(50)45-38)48-40(51)32-11-9-30(24-33(32)41(48)52)53-22-3-1-2-16-46-18-20-47(21-19-46)17-4-5-29-8-6-28(25-43-29)27-7-10-31-34-26-42-15-14-35(34)44-36(31)23-27/h6-11,14-15,23-26,37,44H,1-5,12-13,16-22H2,(H,45,49,50). The summed E-state index contributed by atoms with van der Waals surface area (Å²) in [6.45, 7) is 7.00. The molecule has 2 aromatic carbocycles. The first-order chi connectivity index (χ1) is 25.9. The van der Waals surface area contributed by atoms with Crippen LogP contribution in [-0.2, 0) is 16.0 Å². The second kappa shape index (κ2) is 15.3. The number of nitrogens with zero attached hydrogens (tertiary/aromatic N) is 5.